The summed E-state index contributed by atoms with van der Waals surface area (Å²) in [7, 11) is 0. The normalized spacial score (nSPS) is 11.1. The fraction of sp³-hybridized carbons (Fsp3) is 0.0870. The average Bonchev–Trinajstić information content (AvgIpc) is 2.72. The zero-order valence-corrected chi connectivity index (χ0v) is 17.7. The largest absolute Gasteiger partial charge is 0.322 e. The first-order valence-electron chi connectivity index (χ1n) is 9.01. The van der Waals surface area contributed by atoms with Gasteiger partial charge in [0.25, 0.3) is 11.8 Å². The molecular formula is C23H20BrN3O2. The summed E-state index contributed by atoms with van der Waals surface area (Å²) >= 11 is 3.35. The van der Waals surface area contributed by atoms with Gasteiger partial charge in [-0.15, -0.1) is 0 Å². The van der Waals surface area contributed by atoms with Crippen LogP contribution in [0.2, 0.25) is 0 Å². The molecule has 0 aromatic heterocycles. The summed E-state index contributed by atoms with van der Waals surface area (Å²) in [6.45, 7) is 3.74. The first kappa shape index (κ1) is 20.5. The second-order valence-corrected chi connectivity index (χ2v) is 7.47. The number of carbonyl (C=O) groups excluding carboxylic acids is 2. The Morgan fingerprint density at radius 1 is 0.828 bits per heavy atom. The molecule has 5 nitrogen and oxygen atoms in total. The Labute approximate surface area is 178 Å². The molecule has 6 heteroatoms. The van der Waals surface area contributed by atoms with Gasteiger partial charge in [0.2, 0.25) is 0 Å². The van der Waals surface area contributed by atoms with Crippen molar-refractivity contribution in [3.63, 3.8) is 0 Å². The van der Waals surface area contributed by atoms with Crippen LogP contribution in [0, 0.1) is 6.92 Å². The molecule has 0 atom stereocenters. The van der Waals surface area contributed by atoms with E-state index in [1.807, 2.05) is 55.5 Å². The third-order valence-electron chi connectivity index (χ3n) is 4.23. The lowest BCUT2D eigenvalue weighted by molar-refractivity contribution is 0.0954. The van der Waals surface area contributed by atoms with E-state index in [-0.39, 0.29) is 11.8 Å². The topological polar surface area (TPSA) is 70.6 Å². The zero-order chi connectivity index (χ0) is 20.8. The van der Waals surface area contributed by atoms with Gasteiger partial charge in [-0.3, -0.25) is 9.59 Å². The molecule has 0 aliphatic carbocycles. The highest BCUT2D eigenvalue weighted by molar-refractivity contribution is 9.10. The molecule has 0 fully saturated rings. The van der Waals surface area contributed by atoms with Crippen molar-refractivity contribution in [1.29, 1.82) is 0 Å². The van der Waals surface area contributed by atoms with E-state index in [9.17, 15) is 9.59 Å². The van der Waals surface area contributed by atoms with Crippen molar-refractivity contribution in [3.8, 4) is 0 Å². The van der Waals surface area contributed by atoms with E-state index in [4.69, 9.17) is 0 Å². The Hall–Kier alpha value is -3.25. The van der Waals surface area contributed by atoms with Crippen molar-refractivity contribution in [1.82, 2.24) is 5.43 Å². The maximum atomic E-state index is 12.4. The highest BCUT2D eigenvalue weighted by Gasteiger charge is 2.08. The quantitative estimate of drug-likeness (QED) is 0.416. The van der Waals surface area contributed by atoms with Gasteiger partial charge in [-0.1, -0.05) is 51.8 Å². The van der Waals surface area contributed by atoms with Gasteiger partial charge in [0, 0.05) is 21.3 Å². The molecule has 0 radical (unpaired) electrons. The molecule has 0 saturated carbocycles. The van der Waals surface area contributed by atoms with E-state index in [0.717, 1.165) is 15.6 Å². The number of benzene rings is 3. The van der Waals surface area contributed by atoms with E-state index in [0.29, 0.717) is 22.5 Å². The van der Waals surface area contributed by atoms with Gasteiger partial charge >= 0.3 is 0 Å². The minimum Gasteiger partial charge on any atom is -0.322 e. The molecule has 146 valence electrons. The van der Waals surface area contributed by atoms with Crippen LogP contribution >= 0.6 is 15.9 Å². The van der Waals surface area contributed by atoms with Crippen molar-refractivity contribution in [2.75, 3.05) is 5.32 Å². The van der Waals surface area contributed by atoms with E-state index < -0.39 is 0 Å². The molecule has 2 amide bonds. The van der Waals surface area contributed by atoms with Crippen LogP contribution in [0.4, 0.5) is 5.69 Å². The minimum atomic E-state index is -0.297. The van der Waals surface area contributed by atoms with Gasteiger partial charge in [-0.05, 0) is 61.9 Å². The van der Waals surface area contributed by atoms with Crippen LogP contribution in [0.15, 0.2) is 82.4 Å². The number of nitrogens with zero attached hydrogens (tertiary/aromatic N) is 1. The molecule has 0 spiro atoms. The van der Waals surface area contributed by atoms with Crippen LogP contribution in [-0.2, 0) is 0 Å². The van der Waals surface area contributed by atoms with Crippen molar-refractivity contribution in [2.45, 2.75) is 13.8 Å². The summed E-state index contributed by atoms with van der Waals surface area (Å²) in [5, 5.41) is 7.07. The molecule has 0 heterocycles. The molecule has 0 unspecified atom stereocenters. The molecule has 2 N–H and O–H groups in total. The number of nitrogens with one attached hydrogen (secondary N) is 2. The third kappa shape index (κ3) is 5.62. The first-order chi connectivity index (χ1) is 13.9. The first-order valence-corrected chi connectivity index (χ1v) is 9.80. The Morgan fingerprint density at radius 3 is 2.21 bits per heavy atom. The highest BCUT2D eigenvalue weighted by Crippen LogP contribution is 2.14. The fourth-order valence-corrected chi connectivity index (χ4v) is 3.10. The molecule has 0 bridgehead atoms. The van der Waals surface area contributed by atoms with E-state index in [2.05, 4.69) is 31.8 Å². The number of halogens is 1. The number of amides is 2. The standard InChI is InChI=1S/C23H20BrN3O2/c1-15-6-3-8-18(12-15)22(28)25-21-11-5-7-17(14-21)16(2)26-27-23(29)19-9-4-10-20(24)13-19/h3-14H,1-2H3,(H,25,28)(H,27,29)/b26-16+. The smallest absolute Gasteiger partial charge is 0.271 e. The summed E-state index contributed by atoms with van der Waals surface area (Å²) in [5.41, 5.74) is 6.76. The van der Waals surface area contributed by atoms with Crippen LogP contribution < -0.4 is 10.7 Å². The van der Waals surface area contributed by atoms with Crippen LogP contribution in [0.3, 0.4) is 0 Å². The van der Waals surface area contributed by atoms with Gasteiger partial charge < -0.3 is 5.32 Å². The van der Waals surface area contributed by atoms with Crippen LogP contribution in [0.25, 0.3) is 0 Å². The summed E-state index contributed by atoms with van der Waals surface area (Å²) in [4.78, 5) is 24.7. The molecule has 29 heavy (non-hydrogen) atoms. The van der Waals surface area contributed by atoms with E-state index >= 15 is 0 Å². The summed E-state index contributed by atoms with van der Waals surface area (Å²) in [6, 6.07) is 21.8. The fourth-order valence-electron chi connectivity index (χ4n) is 2.71. The van der Waals surface area contributed by atoms with Crippen LogP contribution in [0.5, 0.6) is 0 Å². The van der Waals surface area contributed by atoms with Gasteiger partial charge in [-0.25, -0.2) is 5.43 Å². The van der Waals surface area contributed by atoms with Crippen LogP contribution in [0.1, 0.15) is 38.8 Å². The number of rotatable bonds is 5. The molecular weight excluding hydrogens is 430 g/mol. The number of aryl methyl sites for hydroxylation is 1. The van der Waals surface area contributed by atoms with Gasteiger partial charge in [-0.2, -0.15) is 5.10 Å². The Balaban J connectivity index is 1.70. The predicted molar refractivity (Wildman–Crippen MR) is 119 cm³/mol. The monoisotopic (exact) mass is 449 g/mol. The summed E-state index contributed by atoms with van der Waals surface area (Å²) in [5.74, 6) is -0.474. The highest BCUT2D eigenvalue weighted by atomic mass is 79.9. The lowest BCUT2D eigenvalue weighted by Gasteiger charge is -2.08. The van der Waals surface area contributed by atoms with Crippen molar-refractivity contribution >= 4 is 39.1 Å². The van der Waals surface area contributed by atoms with E-state index in [1.165, 1.54) is 0 Å². The Morgan fingerprint density at radius 2 is 1.48 bits per heavy atom. The second kappa shape index (κ2) is 9.30. The van der Waals surface area contributed by atoms with Crippen molar-refractivity contribution in [3.05, 3.63) is 99.5 Å². The number of hydrazone groups is 1. The molecule has 3 rings (SSSR count). The number of carbonyl (C=O) groups is 2. The predicted octanol–water partition coefficient (Wildman–Crippen LogP) is 5.16. The van der Waals surface area contributed by atoms with Gasteiger partial charge in [0.15, 0.2) is 0 Å². The third-order valence-corrected chi connectivity index (χ3v) is 4.72. The van der Waals surface area contributed by atoms with Crippen molar-refractivity contribution in [2.24, 2.45) is 5.10 Å². The summed E-state index contributed by atoms with van der Waals surface area (Å²) in [6.07, 6.45) is 0. The zero-order valence-electron chi connectivity index (χ0n) is 16.1. The maximum absolute atomic E-state index is 12.4. The van der Waals surface area contributed by atoms with Gasteiger partial charge in [0.05, 0.1) is 5.71 Å². The number of anilines is 1. The molecule has 3 aromatic carbocycles. The maximum Gasteiger partial charge on any atom is 0.271 e. The lowest BCUT2D eigenvalue weighted by Crippen LogP contribution is -2.19. The average molecular weight is 450 g/mol. The van der Waals surface area contributed by atoms with Gasteiger partial charge in [0.1, 0.15) is 0 Å². The lowest BCUT2D eigenvalue weighted by atomic mass is 10.1. The Bertz CT molecular complexity index is 1090. The Kier molecular flexibility index (Phi) is 6.57. The number of hydrogen-bond acceptors (Lipinski definition) is 3. The van der Waals surface area contributed by atoms with Crippen molar-refractivity contribution < 1.29 is 9.59 Å². The van der Waals surface area contributed by atoms with E-state index in [1.54, 1.807) is 31.2 Å². The molecule has 3 aromatic rings. The molecule has 0 aliphatic rings. The number of hydrogen-bond donors (Lipinski definition) is 2. The molecule has 0 saturated heterocycles. The summed E-state index contributed by atoms with van der Waals surface area (Å²) < 4.78 is 0.822. The van der Waals surface area contributed by atoms with Crippen LogP contribution in [-0.4, -0.2) is 17.5 Å². The molecule has 0 aliphatic heterocycles. The minimum absolute atomic E-state index is 0.177. The SMILES string of the molecule is C/C(=N\NC(=O)c1cccc(Br)c1)c1cccc(NC(=O)c2cccc(C)c2)c1. The second-order valence-electron chi connectivity index (χ2n) is 6.55.